The fourth-order valence-corrected chi connectivity index (χ4v) is 3.06. The number of rotatable bonds is 4. The number of anilines is 1. The lowest BCUT2D eigenvalue weighted by molar-refractivity contribution is 0.211. The Morgan fingerprint density at radius 2 is 2.12 bits per heavy atom. The highest BCUT2D eigenvalue weighted by Gasteiger charge is 2.18. The molecule has 24 heavy (non-hydrogen) atoms. The van der Waals surface area contributed by atoms with Crippen LogP contribution in [-0.4, -0.2) is 58.3 Å². The lowest BCUT2D eigenvalue weighted by Crippen LogP contribution is -2.38. The molecule has 0 aliphatic carbocycles. The van der Waals surface area contributed by atoms with Crippen LogP contribution in [-0.2, 0) is 0 Å². The molecular weight excluding hydrogens is 302 g/mol. The van der Waals surface area contributed by atoms with Crippen molar-refractivity contribution in [3.8, 4) is 5.69 Å². The van der Waals surface area contributed by atoms with Crippen molar-refractivity contribution >= 4 is 11.7 Å². The van der Waals surface area contributed by atoms with Gasteiger partial charge < -0.3 is 15.1 Å². The fraction of sp³-hybridized carbons (Fsp3) is 0.444. The number of benzene rings is 1. The summed E-state index contributed by atoms with van der Waals surface area (Å²) in [4.78, 5) is 16.9. The molecule has 2 heterocycles. The Kier molecular flexibility index (Phi) is 5.48. The predicted octanol–water partition coefficient (Wildman–Crippen LogP) is 2.82. The topological polar surface area (TPSA) is 53.4 Å². The standard InChI is InChI=1S/C18H25N5O/c1-2-9-21-10-5-11-22(14-13-21)18(24)20-16-6-3-7-17(15-16)23-12-4-8-19-23/h3-4,6-8,12,15H,2,5,9-11,13-14H2,1H3,(H,20,24). The third-order valence-electron chi connectivity index (χ3n) is 4.28. The quantitative estimate of drug-likeness (QED) is 0.939. The van der Waals surface area contributed by atoms with Crippen LogP contribution in [0.1, 0.15) is 19.8 Å². The van der Waals surface area contributed by atoms with Crippen molar-refractivity contribution in [2.75, 3.05) is 38.0 Å². The lowest BCUT2D eigenvalue weighted by Gasteiger charge is -2.22. The summed E-state index contributed by atoms with van der Waals surface area (Å²) in [5.41, 5.74) is 1.73. The molecule has 128 valence electrons. The fourth-order valence-electron chi connectivity index (χ4n) is 3.06. The van der Waals surface area contributed by atoms with Gasteiger partial charge in [0.25, 0.3) is 0 Å². The zero-order valence-electron chi connectivity index (χ0n) is 14.2. The second kappa shape index (κ2) is 7.97. The maximum Gasteiger partial charge on any atom is 0.321 e. The summed E-state index contributed by atoms with van der Waals surface area (Å²) in [6, 6.07) is 9.60. The van der Waals surface area contributed by atoms with Crippen molar-refractivity contribution < 1.29 is 4.79 Å². The van der Waals surface area contributed by atoms with Crippen LogP contribution in [0.5, 0.6) is 0 Å². The SMILES string of the molecule is CCCN1CCCN(C(=O)Nc2cccc(-n3cccn3)c2)CC1. The number of carbonyl (C=O) groups is 1. The Morgan fingerprint density at radius 3 is 2.92 bits per heavy atom. The summed E-state index contributed by atoms with van der Waals surface area (Å²) in [7, 11) is 0. The Labute approximate surface area is 143 Å². The smallest absolute Gasteiger partial charge is 0.321 e. The molecule has 3 rings (SSSR count). The minimum absolute atomic E-state index is 0.0223. The Hall–Kier alpha value is -2.34. The van der Waals surface area contributed by atoms with Gasteiger partial charge in [0.2, 0.25) is 0 Å². The number of nitrogens with zero attached hydrogens (tertiary/aromatic N) is 4. The number of carbonyl (C=O) groups excluding carboxylic acids is 1. The maximum atomic E-state index is 12.6. The maximum absolute atomic E-state index is 12.6. The van der Waals surface area contributed by atoms with Crippen LogP contribution in [0.3, 0.4) is 0 Å². The van der Waals surface area contributed by atoms with Crippen molar-refractivity contribution in [3.63, 3.8) is 0 Å². The molecule has 1 aliphatic heterocycles. The van der Waals surface area contributed by atoms with Crippen molar-refractivity contribution in [2.45, 2.75) is 19.8 Å². The highest BCUT2D eigenvalue weighted by atomic mass is 16.2. The summed E-state index contributed by atoms with van der Waals surface area (Å²) >= 11 is 0. The molecule has 2 amide bonds. The molecule has 0 spiro atoms. The lowest BCUT2D eigenvalue weighted by atomic mass is 10.3. The van der Waals surface area contributed by atoms with Gasteiger partial charge in [-0.2, -0.15) is 5.10 Å². The van der Waals surface area contributed by atoms with Gasteiger partial charge in [-0.3, -0.25) is 0 Å². The molecule has 1 fully saturated rings. The Morgan fingerprint density at radius 1 is 1.21 bits per heavy atom. The molecule has 0 saturated carbocycles. The molecule has 6 nitrogen and oxygen atoms in total. The number of hydrogen-bond acceptors (Lipinski definition) is 3. The van der Waals surface area contributed by atoms with E-state index >= 15 is 0 Å². The number of nitrogens with one attached hydrogen (secondary N) is 1. The largest absolute Gasteiger partial charge is 0.323 e. The zero-order valence-corrected chi connectivity index (χ0v) is 14.2. The molecule has 0 radical (unpaired) electrons. The second-order valence-corrected chi connectivity index (χ2v) is 6.11. The number of hydrogen-bond donors (Lipinski definition) is 1. The molecule has 0 bridgehead atoms. The van der Waals surface area contributed by atoms with Crippen LogP contribution in [0.4, 0.5) is 10.5 Å². The van der Waals surface area contributed by atoms with Gasteiger partial charge in [0.05, 0.1) is 5.69 Å². The van der Waals surface area contributed by atoms with Crippen molar-refractivity contribution in [3.05, 3.63) is 42.7 Å². The van der Waals surface area contributed by atoms with Crippen LogP contribution in [0.2, 0.25) is 0 Å². The van der Waals surface area contributed by atoms with Gasteiger partial charge >= 0.3 is 6.03 Å². The Bertz CT molecular complexity index is 655. The molecule has 0 atom stereocenters. The molecule has 1 aromatic carbocycles. The van der Waals surface area contributed by atoms with Crippen LogP contribution in [0.15, 0.2) is 42.7 Å². The first kappa shape index (κ1) is 16.5. The highest BCUT2D eigenvalue weighted by molar-refractivity contribution is 5.89. The summed E-state index contributed by atoms with van der Waals surface area (Å²) in [6.07, 6.45) is 5.82. The van der Waals surface area contributed by atoms with E-state index in [0.717, 1.165) is 56.9 Å². The third kappa shape index (κ3) is 4.14. The van der Waals surface area contributed by atoms with E-state index in [4.69, 9.17) is 0 Å². The molecule has 1 saturated heterocycles. The van der Waals surface area contributed by atoms with E-state index in [1.165, 1.54) is 0 Å². The highest BCUT2D eigenvalue weighted by Crippen LogP contribution is 2.15. The summed E-state index contributed by atoms with van der Waals surface area (Å²) in [5, 5.41) is 7.24. The average molecular weight is 327 g/mol. The van der Waals surface area contributed by atoms with E-state index in [2.05, 4.69) is 22.2 Å². The predicted molar refractivity (Wildman–Crippen MR) is 95.5 cm³/mol. The van der Waals surface area contributed by atoms with Crippen molar-refractivity contribution in [1.82, 2.24) is 19.6 Å². The minimum Gasteiger partial charge on any atom is -0.323 e. The molecule has 2 aromatic rings. The third-order valence-corrected chi connectivity index (χ3v) is 4.28. The average Bonchev–Trinajstić information content (AvgIpc) is 3.02. The first-order valence-corrected chi connectivity index (χ1v) is 8.64. The van der Waals surface area contributed by atoms with Gasteiger partial charge in [-0.05, 0) is 50.2 Å². The van der Waals surface area contributed by atoms with Gasteiger partial charge in [-0.1, -0.05) is 13.0 Å². The number of aromatic nitrogens is 2. The number of urea groups is 1. The van der Waals surface area contributed by atoms with E-state index in [9.17, 15) is 4.79 Å². The minimum atomic E-state index is -0.0223. The van der Waals surface area contributed by atoms with Crippen LogP contribution in [0, 0.1) is 0 Å². The van der Waals surface area contributed by atoms with E-state index in [1.807, 2.05) is 41.4 Å². The second-order valence-electron chi connectivity index (χ2n) is 6.11. The molecule has 6 heteroatoms. The first-order chi connectivity index (χ1) is 11.8. The van der Waals surface area contributed by atoms with E-state index in [1.54, 1.807) is 10.9 Å². The summed E-state index contributed by atoms with van der Waals surface area (Å²) in [5.74, 6) is 0. The van der Waals surface area contributed by atoms with E-state index in [0.29, 0.717) is 0 Å². The van der Waals surface area contributed by atoms with Crippen molar-refractivity contribution in [2.24, 2.45) is 0 Å². The van der Waals surface area contributed by atoms with Gasteiger partial charge in [0.15, 0.2) is 0 Å². The first-order valence-electron chi connectivity index (χ1n) is 8.64. The normalized spacial score (nSPS) is 16.0. The van der Waals surface area contributed by atoms with Crippen LogP contribution in [0.25, 0.3) is 5.69 Å². The summed E-state index contributed by atoms with van der Waals surface area (Å²) in [6.45, 7) is 6.93. The van der Waals surface area contributed by atoms with Gasteiger partial charge in [-0.25, -0.2) is 9.48 Å². The van der Waals surface area contributed by atoms with E-state index < -0.39 is 0 Å². The Balaban J connectivity index is 1.61. The van der Waals surface area contributed by atoms with Gasteiger partial charge in [-0.15, -0.1) is 0 Å². The van der Waals surface area contributed by atoms with Gasteiger partial charge in [0.1, 0.15) is 0 Å². The zero-order chi connectivity index (χ0) is 16.8. The van der Waals surface area contributed by atoms with Gasteiger partial charge in [0, 0.05) is 37.7 Å². The molecule has 1 N–H and O–H groups in total. The number of amides is 2. The van der Waals surface area contributed by atoms with E-state index in [-0.39, 0.29) is 6.03 Å². The van der Waals surface area contributed by atoms with Crippen LogP contribution < -0.4 is 5.32 Å². The van der Waals surface area contributed by atoms with Crippen molar-refractivity contribution in [1.29, 1.82) is 0 Å². The molecular formula is C18H25N5O. The van der Waals surface area contributed by atoms with Crippen LogP contribution >= 0.6 is 0 Å². The molecule has 0 unspecified atom stereocenters. The molecule has 1 aromatic heterocycles. The summed E-state index contributed by atoms with van der Waals surface area (Å²) < 4.78 is 1.78. The monoisotopic (exact) mass is 327 g/mol. The molecule has 1 aliphatic rings.